The summed E-state index contributed by atoms with van der Waals surface area (Å²) in [7, 11) is 0. The molecule has 1 heterocycles. The molecule has 0 spiro atoms. The van der Waals surface area contributed by atoms with Gasteiger partial charge in [0, 0.05) is 11.9 Å². The van der Waals surface area contributed by atoms with Crippen molar-refractivity contribution in [2.75, 3.05) is 0 Å². The molecule has 0 fully saturated rings. The normalized spacial score (nSPS) is 10.4. The standard InChI is InChI=1S/C15H13N3/c16-15-17-14(12-7-3-1-4-8-12)11-18(15)13-9-5-2-6-10-13/h1-11H,(H2,16,17). The van der Waals surface area contributed by atoms with Crippen molar-refractivity contribution in [3.63, 3.8) is 0 Å². The third kappa shape index (κ3) is 1.86. The summed E-state index contributed by atoms with van der Waals surface area (Å²) in [6.45, 7) is 0. The van der Waals surface area contributed by atoms with Crippen LogP contribution in [0.1, 0.15) is 0 Å². The summed E-state index contributed by atoms with van der Waals surface area (Å²) in [5, 5.41) is 7.99. The van der Waals surface area contributed by atoms with Crippen molar-refractivity contribution in [1.82, 2.24) is 9.55 Å². The van der Waals surface area contributed by atoms with Gasteiger partial charge >= 0.3 is 0 Å². The highest BCUT2D eigenvalue weighted by Gasteiger charge is 2.03. The SMILES string of the molecule is N=c1[nH]c(-c2ccccc2)cn1-c1ccccc1. The van der Waals surface area contributed by atoms with Crippen molar-refractivity contribution >= 4 is 0 Å². The van der Waals surface area contributed by atoms with Gasteiger partial charge in [0.05, 0.1) is 5.69 Å². The fraction of sp³-hybridized carbons (Fsp3) is 0. The van der Waals surface area contributed by atoms with E-state index >= 15 is 0 Å². The molecular weight excluding hydrogens is 222 g/mol. The Hall–Kier alpha value is -2.55. The Morgan fingerprint density at radius 1 is 0.833 bits per heavy atom. The number of hydrogen-bond acceptors (Lipinski definition) is 1. The Balaban J connectivity index is 2.10. The van der Waals surface area contributed by atoms with Crippen LogP contribution in [0.25, 0.3) is 16.9 Å². The summed E-state index contributed by atoms with van der Waals surface area (Å²) in [6.07, 6.45) is 1.95. The molecule has 0 radical (unpaired) electrons. The molecule has 0 saturated heterocycles. The minimum Gasteiger partial charge on any atom is -0.324 e. The van der Waals surface area contributed by atoms with Crippen LogP contribution in [-0.4, -0.2) is 9.55 Å². The fourth-order valence-electron chi connectivity index (χ4n) is 1.97. The lowest BCUT2D eigenvalue weighted by molar-refractivity contribution is 0.908. The molecule has 0 aliphatic heterocycles. The van der Waals surface area contributed by atoms with E-state index in [0.717, 1.165) is 16.9 Å². The lowest BCUT2D eigenvalue weighted by Crippen LogP contribution is -2.14. The van der Waals surface area contributed by atoms with Crippen LogP contribution >= 0.6 is 0 Å². The van der Waals surface area contributed by atoms with E-state index in [-0.39, 0.29) is 0 Å². The second-order valence-electron chi connectivity index (χ2n) is 4.09. The van der Waals surface area contributed by atoms with Gasteiger partial charge in [0.1, 0.15) is 0 Å². The van der Waals surface area contributed by atoms with Gasteiger partial charge in [-0.3, -0.25) is 9.98 Å². The summed E-state index contributed by atoms with van der Waals surface area (Å²) in [5.74, 6) is 0. The molecule has 3 aromatic rings. The van der Waals surface area contributed by atoms with Gasteiger partial charge in [-0.15, -0.1) is 0 Å². The van der Waals surface area contributed by atoms with Gasteiger partial charge in [0.2, 0.25) is 5.62 Å². The molecule has 0 atom stereocenters. The van der Waals surface area contributed by atoms with Gasteiger partial charge in [0.15, 0.2) is 0 Å². The topological polar surface area (TPSA) is 44.6 Å². The number of para-hydroxylation sites is 1. The van der Waals surface area contributed by atoms with Gasteiger partial charge < -0.3 is 4.98 Å². The van der Waals surface area contributed by atoms with Crippen molar-refractivity contribution in [3.05, 3.63) is 72.5 Å². The molecule has 1 aromatic heterocycles. The molecule has 0 aliphatic rings. The molecular formula is C15H13N3. The summed E-state index contributed by atoms with van der Waals surface area (Å²) >= 11 is 0. The van der Waals surface area contributed by atoms with E-state index in [9.17, 15) is 0 Å². The van der Waals surface area contributed by atoms with E-state index in [2.05, 4.69) is 4.98 Å². The van der Waals surface area contributed by atoms with Crippen LogP contribution in [0.15, 0.2) is 66.9 Å². The van der Waals surface area contributed by atoms with Crippen LogP contribution in [0.4, 0.5) is 0 Å². The number of aromatic nitrogens is 2. The number of hydrogen-bond donors (Lipinski definition) is 2. The summed E-state index contributed by atoms with van der Waals surface area (Å²) < 4.78 is 1.84. The van der Waals surface area contributed by atoms with E-state index < -0.39 is 0 Å². The predicted molar refractivity (Wildman–Crippen MR) is 71.4 cm³/mol. The van der Waals surface area contributed by atoms with Crippen LogP contribution in [0.3, 0.4) is 0 Å². The van der Waals surface area contributed by atoms with E-state index in [1.807, 2.05) is 71.4 Å². The van der Waals surface area contributed by atoms with Gasteiger partial charge in [0.25, 0.3) is 0 Å². The lowest BCUT2D eigenvalue weighted by Gasteiger charge is -2.00. The summed E-state index contributed by atoms with van der Waals surface area (Å²) in [5.41, 5.74) is 3.39. The Kier molecular flexibility index (Phi) is 2.57. The van der Waals surface area contributed by atoms with Crippen LogP contribution < -0.4 is 5.62 Å². The Labute approximate surface area is 105 Å². The van der Waals surface area contributed by atoms with Crippen molar-refractivity contribution in [3.8, 4) is 16.9 Å². The Morgan fingerprint density at radius 2 is 1.44 bits per heavy atom. The number of imidazole rings is 1. The maximum Gasteiger partial charge on any atom is 0.204 e. The third-order valence-corrected chi connectivity index (χ3v) is 2.87. The minimum atomic E-state index is 0.375. The maximum absolute atomic E-state index is 7.99. The van der Waals surface area contributed by atoms with Crippen LogP contribution in [0.2, 0.25) is 0 Å². The van der Waals surface area contributed by atoms with Crippen LogP contribution in [0, 0.1) is 5.41 Å². The highest BCUT2D eigenvalue weighted by molar-refractivity contribution is 5.58. The number of rotatable bonds is 2. The Bertz CT molecular complexity index is 693. The van der Waals surface area contributed by atoms with Gasteiger partial charge in [-0.1, -0.05) is 48.5 Å². The quantitative estimate of drug-likeness (QED) is 0.686. The van der Waals surface area contributed by atoms with E-state index in [1.54, 1.807) is 0 Å². The van der Waals surface area contributed by atoms with Crippen LogP contribution in [0.5, 0.6) is 0 Å². The number of H-pyrrole nitrogens is 1. The first-order valence-corrected chi connectivity index (χ1v) is 5.82. The van der Waals surface area contributed by atoms with Gasteiger partial charge in [-0.05, 0) is 17.7 Å². The van der Waals surface area contributed by atoms with Gasteiger partial charge in [-0.2, -0.15) is 0 Å². The molecule has 0 aliphatic carbocycles. The van der Waals surface area contributed by atoms with Crippen molar-refractivity contribution in [1.29, 1.82) is 5.41 Å². The minimum absolute atomic E-state index is 0.375. The van der Waals surface area contributed by atoms with Gasteiger partial charge in [-0.25, -0.2) is 0 Å². The van der Waals surface area contributed by atoms with Crippen molar-refractivity contribution < 1.29 is 0 Å². The molecule has 3 rings (SSSR count). The molecule has 3 heteroatoms. The maximum atomic E-state index is 7.99. The molecule has 2 aromatic carbocycles. The van der Waals surface area contributed by atoms with E-state index in [1.165, 1.54) is 0 Å². The Morgan fingerprint density at radius 3 is 2.11 bits per heavy atom. The fourth-order valence-corrected chi connectivity index (χ4v) is 1.97. The predicted octanol–water partition coefficient (Wildman–Crippen LogP) is 2.95. The largest absolute Gasteiger partial charge is 0.324 e. The highest BCUT2D eigenvalue weighted by atomic mass is 15.1. The molecule has 3 nitrogen and oxygen atoms in total. The zero-order valence-electron chi connectivity index (χ0n) is 9.80. The number of nitrogens with zero attached hydrogens (tertiary/aromatic N) is 1. The molecule has 18 heavy (non-hydrogen) atoms. The van der Waals surface area contributed by atoms with E-state index in [0.29, 0.717) is 5.62 Å². The summed E-state index contributed by atoms with van der Waals surface area (Å²) in [6, 6.07) is 19.9. The lowest BCUT2D eigenvalue weighted by atomic mass is 10.2. The number of aromatic amines is 1. The first-order valence-electron chi connectivity index (χ1n) is 5.82. The first-order chi connectivity index (χ1) is 8.84. The number of nitrogens with one attached hydrogen (secondary N) is 2. The highest BCUT2D eigenvalue weighted by Crippen LogP contribution is 2.16. The smallest absolute Gasteiger partial charge is 0.204 e. The average Bonchev–Trinajstić information content (AvgIpc) is 2.83. The molecule has 0 unspecified atom stereocenters. The molecule has 88 valence electrons. The second kappa shape index (κ2) is 4.37. The molecule has 0 amide bonds. The zero-order chi connectivity index (χ0) is 12.4. The number of benzene rings is 2. The van der Waals surface area contributed by atoms with Crippen molar-refractivity contribution in [2.24, 2.45) is 0 Å². The zero-order valence-corrected chi connectivity index (χ0v) is 9.80. The molecule has 2 N–H and O–H groups in total. The second-order valence-corrected chi connectivity index (χ2v) is 4.09. The first kappa shape index (κ1) is 10.6. The van der Waals surface area contributed by atoms with E-state index in [4.69, 9.17) is 5.41 Å². The molecule has 0 bridgehead atoms. The average molecular weight is 235 g/mol. The third-order valence-electron chi connectivity index (χ3n) is 2.87. The monoisotopic (exact) mass is 235 g/mol. The van der Waals surface area contributed by atoms with Crippen molar-refractivity contribution in [2.45, 2.75) is 0 Å². The molecule has 0 saturated carbocycles. The summed E-state index contributed by atoms with van der Waals surface area (Å²) in [4.78, 5) is 3.09. The van der Waals surface area contributed by atoms with Crippen LogP contribution in [-0.2, 0) is 0 Å².